The first-order valence-corrected chi connectivity index (χ1v) is 15.5. The lowest BCUT2D eigenvalue weighted by molar-refractivity contribution is -0.146. The Morgan fingerprint density at radius 2 is 1.90 bits per heavy atom. The first kappa shape index (κ1) is 28.5. The fourth-order valence-corrected chi connectivity index (χ4v) is 8.54. The monoisotopic (exact) mass is 590 g/mol. The first-order valence-electron chi connectivity index (χ1n) is 14.7. The number of rotatable bonds is 5. The van der Waals surface area contributed by atoms with Crippen LogP contribution < -0.4 is 15.8 Å². The molecule has 10 nitrogen and oxygen atoms in total. The number of hydrogen-bond donors (Lipinski definition) is 2. The van der Waals surface area contributed by atoms with Crippen LogP contribution in [-0.2, 0) is 9.59 Å². The van der Waals surface area contributed by atoms with Gasteiger partial charge in [-0.25, -0.2) is 9.97 Å². The Morgan fingerprint density at radius 1 is 1.10 bits per heavy atom. The van der Waals surface area contributed by atoms with Gasteiger partial charge in [0.25, 0.3) is 5.91 Å². The summed E-state index contributed by atoms with van der Waals surface area (Å²) in [6, 6.07) is 7.44. The van der Waals surface area contributed by atoms with Gasteiger partial charge in [-0.05, 0) is 80.3 Å². The van der Waals surface area contributed by atoms with Crippen LogP contribution in [0.15, 0.2) is 30.5 Å². The number of thiazole rings is 1. The summed E-state index contributed by atoms with van der Waals surface area (Å²) in [7, 11) is 3.59. The van der Waals surface area contributed by atoms with E-state index in [1.54, 1.807) is 16.2 Å². The predicted octanol–water partition coefficient (Wildman–Crippen LogP) is 4.04. The number of anilines is 1. The minimum absolute atomic E-state index is 0.0193. The summed E-state index contributed by atoms with van der Waals surface area (Å²) in [5, 5.41) is 3.82. The smallest absolute Gasteiger partial charge is 0.313 e. The molecule has 4 heterocycles. The van der Waals surface area contributed by atoms with Crippen LogP contribution in [0, 0.1) is 23.7 Å². The normalized spacial score (nSPS) is 27.7. The molecule has 6 rings (SSSR count). The van der Waals surface area contributed by atoms with Crippen molar-refractivity contribution in [2.75, 3.05) is 39.1 Å². The van der Waals surface area contributed by atoms with Crippen LogP contribution >= 0.6 is 11.3 Å². The summed E-state index contributed by atoms with van der Waals surface area (Å²) >= 11 is 1.80. The third-order valence-corrected chi connectivity index (χ3v) is 10.7. The van der Waals surface area contributed by atoms with E-state index in [9.17, 15) is 14.4 Å². The number of hydrogen-bond acceptors (Lipinski definition) is 8. The van der Waals surface area contributed by atoms with Gasteiger partial charge in [0, 0.05) is 19.0 Å². The number of carbonyl (C=O) groups excluding carboxylic acids is 3. The summed E-state index contributed by atoms with van der Waals surface area (Å²) in [6.45, 7) is 7.26. The SMILES string of the molecule is COc1ncc(NC(=O)C(=O)N2C[C@@H](C)CC[C@@H]2c2ccc3sc([C@@H]4[C@@H]5CCN(C)CC5[C@@H]4C)nc3c2)cc1C(N)=O. The van der Waals surface area contributed by atoms with Gasteiger partial charge in [0.05, 0.1) is 40.3 Å². The number of methoxy groups -OCH3 is 1. The largest absolute Gasteiger partial charge is 0.480 e. The van der Waals surface area contributed by atoms with Crippen LogP contribution in [-0.4, -0.2) is 71.3 Å². The highest BCUT2D eigenvalue weighted by Crippen LogP contribution is 2.56. The van der Waals surface area contributed by atoms with E-state index in [2.05, 4.69) is 54.3 Å². The number of nitrogens with two attached hydrogens (primary N) is 1. The lowest BCUT2D eigenvalue weighted by Crippen LogP contribution is -2.53. The molecule has 1 unspecified atom stereocenters. The number of amides is 3. The molecule has 11 heteroatoms. The van der Waals surface area contributed by atoms with Crippen molar-refractivity contribution in [1.29, 1.82) is 0 Å². The van der Waals surface area contributed by atoms with Gasteiger partial charge in [0.1, 0.15) is 5.56 Å². The molecule has 42 heavy (non-hydrogen) atoms. The Balaban J connectivity index is 1.22. The van der Waals surface area contributed by atoms with E-state index in [0.717, 1.165) is 41.1 Å². The molecule has 3 aromatic rings. The van der Waals surface area contributed by atoms with Crippen LogP contribution in [0.3, 0.4) is 0 Å². The standard InChI is InChI=1S/C31H38N6O4S/c1-16-5-7-24(37(14-16)31(40)28(39)34-19-12-21(27(32)38)29(41-4)33-13-19)18-6-8-25-23(11-18)35-30(42-25)26-17(2)22-15-36(3)10-9-20(22)26/h6,8,11-13,16-17,20,22,24,26H,5,7,9-10,14-15H2,1-4H3,(H2,32,38)(H,34,39)/t16-,17-,20+,22?,24+,26-/m0/s1. The fraction of sp³-hybridized carbons (Fsp3) is 0.516. The molecule has 1 aliphatic carbocycles. The van der Waals surface area contributed by atoms with E-state index in [-0.39, 0.29) is 29.1 Å². The molecule has 2 saturated heterocycles. The molecule has 6 atom stereocenters. The maximum Gasteiger partial charge on any atom is 0.313 e. The average molecular weight is 591 g/mol. The number of piperidine rings is 2. The van der Waals surface area contributed by atoms with E-state index < -0.39 is 17.7 Å². The van der Waals surface area contributed by atoms with Gasteiger partial charge in [-0.15, -0.1) is 11.3 Å². The maximum atomic E-state index is 13.5. The second kappa shape index (κ2) is 11.3. The Labute approximate surface area is 249 Å². The summed E-state index contributed by atoms with van der Waals surface area (Å²) < 4.78 is 6.23. The van der Waals surface area contributed by atoms with Crippen molar-refractivity contribution in [3.63, 3.8) is 0 Å². The fourth-order valence-electron chi connectivity index (χ4n) is 7.30. The molecule has 2 aromatic heterocycles. The number of benzene rings is 1. The highest BCUT2D eigenvalue weighted by atomic mass is 32.1. The van der Waals surface area contributed by atoms with Crippen LogP contribution in [0.2, 0.25) is 0 Å². The second-order valence-electron chi connectivity index (χ2n) is 12.3. The Kier molecular flexibility index (Phi) is 7.65. The third kappa shape index (κ3) is 5.13. The van der Waals surface area contributed by atoms with Crippen molar-refractivity contribution in [2.24, 2.45) is 29.4 Å². The van der Waals surface area contributed by atoms with Crippen LogP contribution in [0.1, 0.15) is 66.0 Å². The van der Waals surface area contributed by atoms with Gasteiger partial charge in [-0.2, -0.15) is 0 Å². The average Bonchev–Trinajstić information content (AvgIpc) is 3.39. The van der Waals surface area contributed by atoms with E-state index in [1.807, 2.05) is 0 Å². The zero-order chi connectivity index (χ0) is 29.7. The zero-order valence-corrected chi connectivity index (χ0v) is 25.3. The Bertz CT molecular complexity index is 1540. The summed E-state index contributed by atoms with van der Waals surface area (Å²) in [4.78, 5) is 51.7. The minimum atomic E-state index is -0.792. The van der Waals surface area contributed by atoms with E-state index >= 15 is 0 Å². The van der Waals surface area contributed by atoms with Gasteiger partial charge < -0.3 is 25.6 Å². The van der Waals surface area contributed by atoms with Crippen molar-refractivity contribution in [1.82, 2.24) is 19.8 Å². The minimum Gasteiger partial charge on any atom is -0.480 e. The zero-order valence-electron chi connectivity index (χ0n) is 24.5. The predicted molar refractivity (Wildman–Crippen MR) is 161 cm³/mol. The number of aromatic nitrogens is 2. The van der Waals surface area contributed by atoms with E-state index in [1.165, 1.54) is 37.3 Å². The van der Waals surface area contributed by atoms with E-state index in [4.69, 9.17) is 15.5 Å². The maximum absolute atomic E-state index is 13.5. The molecule has 3 N–H and O–H groups in total. The number of ether oxygens (including phenoxy) is 1. The molecule has 1 saturated carbocycles. The van der Waals surface area contributed by atoms with Crippen molar-refractivity contribution in [3.8, 4) is 5.88 Å². The molecule has 0 bridgehead atoms. The number of pyridine rings is 1. The molecule has 3 aliphatic rings. The van der Waals surface area contributed by atoms with Crippen LogP contribution in [0.25, 0.3) is 10.2 Å². The number of nitrogens with one attached hydrogen (secondary N) is 1. The lowest BCUT2D eigenvalue weighted by Gasteiger charge is -2.54. The quantitative estimate of drug-likeness (QED) is 0.429. The molecule has 1 aromatic carbocycles. The van der Waals surface area contributed by atoms with Crippen molar-refractivity contribution < 1.29 is 19.1 Å². The molecular formula is C31H38N6O4S. The van der Waals surface area contributed by atoms with Crippen molar-refractivity contribution in [3.05, 3.63) is 46.6 Å². The number of nitrogens with zero attached hydrogens (tertiary/aromatic N) is 4. The molecule has 3 amide bonds. The summed E-state index contributed by atoms with van der Waals surface area (Å²) in [5.74, 6) is 0.761. The van der Waals surface area contributed by atoms with Crippen LogP contribution in [0.5, 0.6) is 5.88 Å². The van der Waals surface area contributed by atoms with Crippen LogP contribution in [0.4, 0.5) is 5.69 Å². The van der Waals surface area contributed by atoms with Crippen molar-refractivity contribution >= 4 is 45.0 Å². The first-order chi connectivity index (χ1) is 20.1. The van der Waals surface area contributed by atoms with Gasteiger partial charge in [0.2, 0.25) is 5.88 Å². The summed E-state index contributed by atoms with van der Waals surface area (Å²) in [5.41, 5.74) is 7.59. The van der Waals surface area contributed by atoms with Gasteiger partial charge in [-0.3, -0.25) is 14.4 Å². The molecule has 2 aliphatic heterocycles. The summed E-state index contributed by atoms with van der Waals surface area (Å²) in [6.07, 6.45) is 4.28. The lowest BCUT2D eigenvalue weighted by atomic mass is 9.55. The number of carbonyl (C=O) groups is 3. The Hall–Kier alpha value is -3.57. The molecule has 3 fully saturated rings. The van der Waals surface area contributed by atoms with Gasteiger partial charge in [0.15, 0.2) is 0 Å². The number of likely N-dealkylation sites (tertiary alicyclic amines) is 2. The topological polar surface area (TPSA) is 131 Å². The second-order valence-corrected chi connectivity index (χ2v) is 13.4. The molecule has 222 valence electrons. The van der Waals surface area contributed by atoms with Gasteiger partial charge in [-0.1, -0.05) is 19.9 Å². The molecular weight excluding hydrogens is 552 g/mol. The highest BCUT2D eigenvalue weighted by Gasteiger charge is 2.51. The van der Waals surface area contributed by atoms with E-state index in [0.29, 0.717) is 24.3 Å². The third-order valence-electron chi connectivity index (χ3n) is 9.56. The number of fused-ring (bicyclic) bond motifs is 2. The number of primary amides is 1. The van der Waals surface area contributed by atoms with Crippen molar-refractivity contribution in [2.45, 2.75) is 45.1 Å². The Morgan fingerprint density at radius 3 is 2.67 bits per heavy atom. The highest BCUT2D eigenvalue weighted by molar-refractivity contribution is 7.18. The molecule has 0 radical (unpaired) electrons. The van der Waals surface area contributed by atoms with Gasteiger partial charge >= 0.3 is 11.8 Å². The molecule has 0 spiro atoms.